The molecule has 2 atom stereocenters. The second kappa shape index (κ2) is 17.4. The van der Waals surface area contributed by atoms with Gasteiger partial charge in [0.05, 0.1) is 16.9 Å². The molecule has 85 heavy (non-hydrogen) atoms. The average molecular weight is 1140 g/mol. The predicted molar refractivity (Wildman–Crippen MR) is 367 cm³/mol. The van der Waals surface area contributed by atoms with Crippen LogP contribution in [-0.4, -0.2) is 12.3 Å². The van der Waals surface area contributed by atoms with E-state index < -0.39 is 0 Å². The molecule has 0 saturated heterocycles. The fourth-order valence-electron chi connectivity index (χ4n) is 19.2. The summed E-state index contributed by atoms with van der Waals surface area (Å²) in [6.07, 6.45) is 14.6. The number of nitrogens with zero attached hydrogens (tertiary/aromatic N) is 3. The zero-order chi connectivity index (χ0) is 59.1. The Morgan fingerprint density at radius 3 is 1.71 bits per heavy atom. The van der Waals surface area contributed by atoms with Crippen LogP contribution in [0.25, 0.3) is 21.2 Å². The zero-order valence-corrected chi connectivity index (χ0v) is 54.8. The van der Waals surface area contributed by atoms with Gasteiger partial charge in [-0.2, -0.15) is 0 Å². The molecule has 7 aromatic carbocycles. The highest BCUT2D eigenvalue weighted by Crippen LogP contribution is 2.64. The minimum atomic E-state index is -0.143. The van der Waals surface area contributed by atoms with Crippen molar-refractivity contribution in [3.8, 4) is 11.1 Å². The lowest BCUT2D eigenvalue weighted by atomic mass is 9.35. The first-order chi connectivity index (χ1) is 40.2. The highest BCUT2D eigenvalue weighted by Gasteiger charge is 2.59. The first-order valence-corrected chi connectivity index (χ1v) is 33.8. The van der Waals surface area contributed by atoms with Crippen molar-refractivity contribution < 1.29 is 0 Å². The third-order valence-corrected chi connectivity index (χ3v) is 26.3. The van der Waals surface area contributed by atoms with Gasteiger partial charge in [-0.15, -0.1) is 11.3 Å². The Labute approximate surface area is 513 Å². The fraction of sp³-hybridized carbons (Fsp3) is 0.450. The molecule has 0 spiro atoms. The van der Waals surface area contributed by atoms with Crippen LogP contribution in [-0.2, 0) is 43.3 Å². The van der Waals surface area contributed by atoms with Crippen molar-refractivity contribution in [3.63, 3.8) is 0 Å². The van der Waals surface area contributed by atoms with Crippen molar-refractivity contribution in [1.82, 2.24) is 0 Å². The topological polar surface area (TPSA) is 9.72 Å². The second-order valence-electron chi connectivity index (χ2n) is 33.0. The number of thiophene rings is 1. The molecular formula is C80H90BN3S. The monoisotopic (exact) mass is 1140 g/mol. The van der Waals surface area contributed by atoms with Gasteiger partial charge in [-0.25, -0.2) is 0 Å². The van der Waals surface area contributed by atoms with Crippen LogP contribution in [0.4, 0.5) is 45.5 Å². The van der Waals surface area contributed by atoms with Gasteiger partial charge in [0.15, 0.2) is 0 Å². The van der Waals surface area contributed by atoms with Crippen molar-refractivity contribution in [2.75, 3.05) is 14.7 Å². The summed E-state index contributed by atoms with van der Waals surface area (Å²) < 4.78 is 2.94. The van der Waals surface area contributed by atoms with Crippen molar-refractivity contribution in [2.24, 2.45) is 0 Å². The molecule has 0 amide bonds. The molecule has 434 valence electrons. The lowest BCUT2D eigenvalue weighted by Crippen LogP contribution is -2.61. The number of rotatable bonds is 4. The van der Waals surface area contributed by atoms with Crippen molar-refractivity contribution in [2.45, 2.75) is 230 Å². The Kier molecular flexibility index (Phi) is 11.1. The molecule has 8 aromatic rings. The third kappa shape index (κ3) is 7.32. The predicted octanol–water partition coefficient (Wildman–Crippen LogP) is 20.5. The zero-order valence-electron chi connectivity index (χ0n) is 53.9. The molecule has 3 aliphatic heterocycles. The first kappa shape index (κ1) is 54.4. The molecule has 5 heteroatoms. The molecule has 17 rings (SSSR count). The van der Waals surface area contributed by atoms with E-state index in [4.69, 9.17) is 0 Å². The van der Waals surface area contributed by atoms with Gasteiger partial charge in [0, 0.05) is 60.0 Å². The number of hydrogen-bond acceptors (Lipinski definition) is 4. The van der Waals surface area contributed by atoms with Crippen LogP contribution in [0, 0.1) is 0 Å². The lowest BCUT2D eigenvalue weighted by Gasteiger charge is -2.52. The summed E-state index contributed by atoms with van der Waals surface area (Å²) in [4.78, 5) is 8.56. The van der Waals surface area contributed by atoms with E-state index in [0.29, 0.717) is 0 Å². The van der Waals surface area contributed by atoms with Gasteiger partial charge in [0.1, 0.15) is 0 Å². The quantitative estimate of drug-likeness (QED) is 0.163. The fourth-order valence-corrected chi connectivity index (χ4v) is 20.5. The van der Waals surface area contributed by atoms with Crippen molar-refractivity contribution in [1.29, 1.82) is 0 Å². The number of hydrogen-bond donors (Lipinski definition) is 0. The smallest absolute Gasteiger partial charge is 0.264 e. The Balaban J connectivity index is 1.09. The maximum Gasteiger partial charge on any atom is 0.264 e. The summed E-state index contributed by atoms with van der Waals surface area (Å²) in [5.41, 5.74) is 28.6. The molecule has 1 aromatic heterocycles. The summed E-state index contributed by atoms with van der Waals surface area (Å²) in [6, 6.07) is 52.7. The van der Waals surface area contributed by atoms with E-state index in [-0.39, 0.29) is 55.6 Å². The van der Waals surface area contributed by atoms with E-state index in [0.717, 1.165) is 19.3 Å². The third-order valence-electron chi connectivity index (χ3n) is 25.0. The minimum absolute atomic E-state index is 0.00173. The average Bonchev–Trinajstić information content (AvgIpc) is 1.72. The number of para-hydroxylation sites is 1. The highest BCUT2D eigenvalue weighted by molar-refractivity contribution is 7.33. The van der Waals surface area contributed by atoms with Crippen LogP contribution >= 0.6 is 11.3 Å². The maximum atomic E-state index is 2.88. The van der Waals surface area contributed by atoms with E-state index in [1.165, 1.54) is 174 Å². The van der Waals surface area contributed by atoms with E-state index in [1.807, 2.05) is 0 Å². The minimum Gasteiger partial charge on any atom is -0.334 e. The SMILES string of the molecule is CC(C)(C)c1ccc(N2c3cc(N4c5ccccc5C5(C)CCCCC45C)cc4c3B(c3cc5c(cc3N4c3ccc4c(c3-c3ccccc3)C(C)(C)CCC4(C)C)C(C)(C)CCC5(C)C)c3sc4cc5c(cc4c32)C2(C)CCC5(C)CC2)cc1. The Hall–Kier alpha value is -6.04. The van der Waals surface area contributed by atoms with Crippen molar-refractivity contribution >= 4 is 89.3 Å². The highest BCUT2D eigenvalue weighted by atomic mass is 32.1. The van der Waals surface area contributed by atoms with E-state index in [1.54, 1.807) is 11.1 Å². The summed E-state index contributed by atoms with van der Waals surface area (Å²) in [5.74, 6) is 0. The molecule has 6 aliphatic carbocycles. The molecule has 9 aliphatic rings. The van der Waals surface area contributed by atoms with Gasteiger partial charge in [-0.1, -0.05) is 183 Å². The number of fused-ring (bicyclic) bond motifs is 13. The summed E-state index contributed by atoms with van der Waals surface area (Å²) in [7, 11) is 0. The summed E-state index contributed by atoms with van der Waals surface area (Å²) in [6.45, 7) is 37.8. The molecule has 4 heterocycles. The van der Waals surface area contributed by atoms with Crippen LogP contribution in [0.2, 0.25) is 0 Å². The van der Waals surface area contributed by atoms with Crippen LogP contribution < -0.4 is 30.4 Å². The van der Waals surface area contributed by atoms with Gasteiger partial charge in [-0.05, 0) is 225 Å². The maximum absolute atomic E-state index is 2.88. The van der Waals surface area contributed by atoms with Crippen LogP contribution in [0.3, 0.4) is 0 Å². The lowest BCUT2D eigenvalue weighted by molar-refractivity contribution is 0.188. The molecule has 0 radical (unpaired) electrons. The normalized spacial score (nSPS) is 26.7. The molecule has 3 nitrogen and oxygen atoms in total. The standard InChI is InChI=1S/C80H90BN3S/c1-72(2,3)50-27-29-51(30-28-50)82-64-43-52(84-61-26-20-19-25-54(61)79(14)33-21-22-34-80(79,84)15)44-65-69(64)81(71-70(82)53-45-58-59(48-66(53)85-71)78(13)41-39-77(58,12)40-42-78)60-46-56-57(75(8,9)36-35-74(56,6)7)47-63(60)83(65)62-32-31-55-68(67(62)49-23-17-16-18-24-49)76(10,11)38-37-73(55,4)5/h16-20,23-32,43-48H,21-22,33-42H2,1-15H3. The van der Waals surface area contributed by atoms with Crippen LogP contribution in [0.15, 0.2) is 127 Å². The molecule has 2 bridgehead atoms. The first-order valence-electron chi connectivity index (χ1n) is 33.0. The van der Waals surface area contributed by atoms with Gasteiger partial charge in [0.2, 0.25) is 0 Å². The Morgan fingerprint density at radius 1 is 0.447 bits per heavy atom. The molecule has 2 unspecified atom stereocenters. The largest absolute Gasteiger partial charge is 0.334 e. The second-order valence-corrected chi connectivity index (χ2v) is 34.1. The number of benzene rings is 7. The molecule has 2 saturated carbocycles. The Morgan fingerprint density at radius 2 is 1.04 bits per heavy atom. The number of anilines is 8. The molecular weight excluding hydrogens is 1050 g/mol. The van der Waals surface area contributed by atoms with E-state index in [9.17, 15) is 0 Å². The Bertz CT molecular complexity index is 4160. The van der Waals surface area contributed by atoms with Crippen LogP contribution in [0.5, 0.6) is 0 Å². The van der Waals surface area contributed by atoms with Crippen LogP contribution in [0.1, 0.15) is 225 Å². The summed E-state index contributed by atoms with van der Waals surface area (Å²) >= 11 is 2.12. The van der Waals surface area contributed by atoms with E-state index >= 15 is 0 Å². The van der Waals surface area contributed by atoms with Gasteiger partial charge in [-0.3, -0.25) is 0 Å². The van der Waals surface area contributed by atoms with Gasteiger partial charge < -0.3 is 14.7 Å². The van der Waals surface area contributed by atoms with Gasteiger partial charge >= 0.3 is 0 Å². The van der Waals surface area contributed by atoms with Gasteiger partial charge in [0.25, 0.3) is 6.71 Å². The summed E-state index contributed by atoms with van der Waals surface area (Å²) in [5, 5.41) is 1.43. The molecule has 0 N–H and O–H groups in total. The molecule has 2 fully saturated rings. The van der Waals surface area contributed by atoms with E-state index in [2.05, 4.69) is 257 Å². The van der Waals surface area contributed by atoms with Crippen molar-refractivity contribution in [3.05, 3.63) is 172 Å².